The van der Waals surface area contributed by atoms with Crippen molar-refractivity contribution in [3.63, 3.8) is 0 Å². The molecule has 0 spiro atoms. The Labute approximate surface area is 171 Å². The molecular formula is C22H40N4O2. The van der Waals surface area contributed by atoms with Crippen LogP contribution in [-0.4, -0.2) is 84.9 Å². The van der Waals surface area contributed by atoms with Gasteiger partial charge in [0.1, 0.15) is 0 Å². The van der Waals surface area contributed by atoms with E-state index in [4.69, 9.17) is 0 Å². The molecule has 0 aliphatic carbocycles. The van der Waals surface area contributed by atoms with Crippen LogP contribution in [0.2, 0.25) is 0 Å². The van der Waals surface area contributed by atoms with E-state index in [1.165, 1.54) is 38.9 Å². The molecule has 6 heteroatoms. The van der Waals surface area contributed by atoms with E-state index in [1.54, 1.807) is 0 Å². The van der Waals surface area contributed by atoms with E-state index in [-0.39, 0.29) is 23.3 Å². The van der Waals surface area contributed by atoms with Crippen molar-refractivity contribution in [2.24, 2.45) is 11.3 Å². The lowest BCUT2D eigenvalue weighted by Crippen LogP contribution is -2.58. The van der Waals surface area contributed by atoms with Crippen molar-refractivity contribution >= 4 is 11.8 Å². The highest BCUT2D eigenvalue weighted by molar-refractivity contribution is 5.88. The molecule has 3 fully saturated rings. The molecule has 160 valence electrons. The molecule has 0 aromatic carbocycles. The number of nitrogens with one attached hydrogen (secondary N) is 1. The number of carbonyl (C=O) groups excluding carboxylic acids is 2. The Morgan fingerprint density at radius 2 is 1.75 bits per heavy atom. The average Bonchev–Trinajstić information content (AvgIpc) is 3.15. The van der Waals surface area contributed by atoms with E-state index in [0.29, 0.717) is 13.0 Å². The van der Waals surface area contributed by atoms with Crippen molar-refractivity contribution in [1.29, 1.82) is 0 Å². The number of rotatable bonds is 6. The number of nitrogens with zero attached hydrogens (tertiary/aromatic N) is 3. The summed E-state index contributed by atoms with van der Waals surface area (Å²) in [6, 6.07) is -0.312. The normalized spacial score (nSPS) is 25.9. The third kappa shape index (κ3) is 6.18. The van der Waals surface area contributed by atoms with E-state index >= 15 is 0 Å². The number of carbonyl (C=O) groups is 2. The first-order chi connectivity index (χ1) is 13.3. The van der Waals surface area contributed by atoms with Crippen molar-refractivity contribution < 1.29 is 9.59 Å². The van der Waals surface area contributed by atoms with Crippen LogP contribution in [0.1, 0.15) is 59.3 Å². The highest BCUT2D eigenvalue weighted by atomic mass is 16.2. The third-order valence-electron chi connectivity index (χ3n) is 6.51. The lowest BCUT2D eigenvalue weighted by atomic mass is 9.92. The Balaban J connectivity index is 1.45. The molecule has 0 bridgehead atoms. The maximum atomic E-state index is 12.9. The molecule has 3 saturated heterocycles. The zero-order valence-corrected chi connectivity index (χ0v) is 18.2. The van der Waals surface area contributed by atoms with Crippen LogP contribution in [0.5, 0.6) is 0 Å². The molecular weight excluding hydrogens is 352 g/mol. The maximum Gasteiger partial charge on any atom is 0.237 e. The van der Waals surface area contributed by atoms with Crippen molar-refractivity contribution in [2.45, 2.75) is 65.3 Å². The Bertz CT molecular complexity index is 531. The van der Waals surface area contributed by atoms with Gasteiger partial charge in [-0.05, 0) is 63.1 Å². The molecule has 28 heavy (non-hydrogen) atoms. The minimum Gasteiger partial charge on any atom is -0.353 e. The summed E-state index contributed by atoms with van der Waals surface area (Å²) in [4.78, 5) is 32.1. The Morgan fingerprint density at radius 3 is 2.39 bits per heavy atom. The molecule has 0 radical (unpaired) electrons. The first-order valence-electron chi connectivity index (χ1n) is 11.3. The second-order valence-corrected chi connectivity index (χ2v) is 10.2. The number of piperidine rings is 1. The van der Waals surface area contributed by atoms with Gasteiger partial charge in [-0.2, -0.15) is 0 Å². The lowest BCUT2D eigenvalue weighted by molar-refractivity contribution is -0.140. The van der Waals surface area contributed by atoms with E-state index in [2.05, 4.69) is 35.9 Å². The number of likely N-dealkylation sites (tertiary alicyclic amines) is 2. The van der Waals surface area contributed by atoms with Gasteiger partial charge in [0.2, 0.25) is 11.8 Å². The molecule has 2 amide bonds. The van der Waals surface area contributed by atoms with Gasteiger partial charge in [-0.3, -0.25) is 14.5 Å². The van der Waals surface area contributed by atoms with Crippen LogP contribution in [0.25, 0.3) is 0 Å². The second kappa shape index (κ2) is 9.57. The van der Waals surface area contributed by atoms with E-state index < -0.39 is 0 Å². The molecule has 1 N–H and O–H groups in total. The summed E-state index contributed by atoms with van der Waals surface area (Å²) in [5, 5.41) is 2.95. The summed E-state index contributed by atoms with van der Waals surface area (Å²) in [6.07, 6.45) is 6.53. The number of hydrogen-bond donors (Lipinski definition) is 1. The van der Waals surface area contributed by atoms with Crippen LogP contribution in [0.3, 0.4) is 0 Å². The minimum atomic E-state index is -0.312. The summed E-state index contributed by atoms with van der Waals surface area (Å²) >= 11 is 0. The number of amides is 2. The molecule has 3 heterocycles. The Morgan fingerprint density at radius 1 is 1.07 bits per heavy atom. The van der Waals surface area contributed by atoms with E-state index in [9.17, 15) is 9.59 Å². The van der Waals surface area contributed by atoms with Gasteiger partial charge in [-0.1, -0.05) is 20.8 Å². The lowest BCUT2D eigenvalue weighted by Gasteiger charge is -2.40. The van der Waals surface area contributed by atoms with Crippen LogP contribution in [-0.2, 0) is 9.59 Å². The van der Waals surface area contributed by atoms with Gasteiger partial charge < -0.3 is 15.1 Å². The van der Waals surface area contributed by atoms with Gasteiger partial charge >= 0.3 is 0 Å². The van der Waals surface area contributed by atoms with Crippen molar-refractivity contribution in [2.75, 3.05) is 52.4 Å². The van der Waals surface area contributed by atoms with Gasteiger partial charge in [-0.15, -0.1) is 0 Å². The molecule has 3 aliphatic heterocycles. The molecule has 1 atom stereocenters. The summed E-state index contributed by atoms with van der Waals surface area (Å²) in [5.41, 5.74) is 0.118. The predicted molar refractivity (Wildman–Crippen MR) is 112 cm³/mol. The number of piperazine rings is 1. The first-order valence-corrected chi connectivity index (χ1v) is 11.3. The zero-order valence-electron chi connectivity index (χ0n) is 18.2. The fraction of sp³-hybridized carbons (Fsp3) is 0.909. The van der Waals surface area contributed by atoms with Gasteiger partial charge in [0, 0.05) is 32.7 Å². The smallest absolute Gasteiger partial charge is 0.237 e. The van der Waals surface area contributed by atoms with Crippen molar-refractivity contribution in [1.82, 2.24) is 20.0 Å². The van der Waals surface area contributed by atoms with Crippen LogP contribution < -0.4 is 5.32 Å². The maximum absolute atomic E-state index is 12.9. The summed E-state index contributed by atoms with van der Waals surface area (Å²) in [5.74, 6) is 0.920. The predicted octanol–water partition coefficient (Wildman–Crippen LogP) is 1.95. The molecule has 3 aliphatic rings. The summed E-state index contributed by atoms with van der Waals surface area (Å²) < 4.78 is 0. The molecule has 0 saturated carbocycles. The fourth-order valence-electron chi connectivity index (χ4n) is 4.92. The number of hydrogen-bond acceptors (Lipinski definition) is 4. The van der Waals surface area contributed by atoms with Crippen molar-refractivity contribution in [3.05, 3.63) is 0 Å². The SMILES string of the molecule is CC(C)(C)CN1CCNC(=O)C1CC(=O)N1CCC(CCN2CCCC2)CC1. The van der Waals surface area contributed by atoms with E-state index in [0.717, 1.165) is 44.9 Å². The van der Waals surface area contributed by atoms with Crippen LogP contribution in [0, 0.1) is 11.3 Å². The molecule has 0 aromatic heterocycles. The highest BCUT2D eigenvalue weighted by Crippen LogP contribution is 2.24. The molecule has 0 aromatic rings. The third-order valence-corrected chi connectivity index (χ3v) is 6.51. The van der Waals surface area contributed by atoms with E-state index in [1.807, 2.05) is 4.90 Å². The Kier molecular flexibility index (Phi) is 7.37. The minimum absolute atomic E-state index is 0.0179. The first kappa shape index (κ1) is 21.6. The average molecular weight is 393 g/mol. The standard InChI is InChI=1S/C22H40N4O2/c1-22(2,3)17-26-15-9-23-21(28)19(26)16-20(27)25-13-7-18(8-14-25)6-12-24-10-4-5-11-24/h18-19H,4-17H2,1-3H3,(H,23,28). The zero-order chi connectivity index (χ0) is 20.1. The van der Waals surface area contributed by atoms with Gasteiger partial charge in [0.05, 0.1) is 12.5 Å². The topological polar surface area (TPSA) is 55.9 Å². The Hall–Kier alpha value is -1.14. The van der Waals surface area contributed by atoms with Crippen LogP contribution >= 0.6 is 0 Å². The summed E-state index contributed by atoms with van der Waals surface area (Å²) in [6.45, 7) is 14.4. The highest BCUT2D eigenvalue weighted by Gasteiger charge is 2.35. The van der Waals surface area contributed by atoms with Crippen molar-refractivity contribution in [3.8, 4) is 0 Å². The summed E-state index contributed by atoms with van der Waals surface area (Å²) in [7, 11) is 0. The largest absolute Gasteiger partial charge is 0.353 e. The van der Waals surface area contributed by atoms with Crippen LogP contribution in [0.15, 0.2) is 0 Å². The quantitative estimate of drug-likeness (QED) is 0.751. The molecule has 1 unspecified atom stereocenters. The fourth-order valence-corrected chi connectivity index (χ4v) is 4.92. The second-order valence-electron chi connectivity index (χ2n) is 10.2. The van der Waals surface area contributed by atoms with Gasteiger partial charge in [0.15, 0.2) is 0 Å². The van der Waals surface area contributed by atoms with Gasteiger partial charge in [0.25, 0.3) is 0 Å². The molecule has 3 rings (SSSR count). The monoisotopic (exact) mass is 392 g/mol. The van der Waals surface area contributed by atoms with Crippen LogP contribution in [0.4, 0.5) is 0 Å². The molecule has 6 nitrogen and oxygen atoms in total. The van der Waals surface area contributed by atoms with Gasteiger partial charge in [-0.25, -0.2) is 0 Å².